The molecule has 17 heteroatoms. The Hall–Kier alpha value is -2.90. The van der Waals surface area contributed by atoms with Gasteiger partial charge in [0.2, 0.25) is 5.78 Å². The van der Waals surface area contributed by atoms with Crippen LogP contribution in [0.3, 0.4) is 0 Å². The monoisotopic (exact) mass is 687 g/mol. The van der Waals surface area contributed by atoms with Crippen molar-refractivity contribution in [3.8, 4) is 5.75 Å². The number of phenolic OH excluding ortho intramolecular Hbond substituents is 1. The lowest BCUT2D eigenvalue weighted by Gasteiger charge is -2.50. The van der Waals surface area contributed by atoms with Gasteiger partial charge in [-0.1, -0.05) is 0 Å². The molecule has 4 rings (SSSR count). The van der Waals surface area contributed by atoms with E-state index in [0.717, 1.165) is 21.2 Å². The highest BCUT2D eigenvalue weighted by molar-refractivity contribution is 14.2. The first-order chi connectivity index (χ1) is 17.7. The Morgan fingerprint density at radius 3 is 2.31 bits per heavy atom. The summed E-state index contributed by atoms with van der Waals surface area (Å²) in [6.07, 6.45) is -6.12. The van der Waals surface area contributed by atoms with Gasteiger partial charge in [0.15, 0.2) is 17.1 Å². The van der Waals surface area contributed by atoms with E-state index >= 15 is 0 Å². The smallest absolute Gasteiger partial charge is 0.416 e. The molecular formula is C22H21F3IN3O9S. The lowest BCUT2D eigenvalue weighted by Crippen LogP contribution is -2.65. The number of primary amides is 1. The lowest BCUT2D eigenvalue weighted by molar-refractivity contribution is -0.153. The van der Waals surface area contributed by atoms with Crippen molar-refractivity contribution in [1.29, 1.82) is 0 Å². The molecule has 1 fully saturated rings. The van der Waals surface area contributed by atoms with Gasteiger partial charge >= 0.3 is 6.18 Å². The summed E-state index contributed by atoms with van der Waals surface area (Å²) in [5, 5.41) is 44.1. The average Bonchev–Trinajstić information content (AvgIpc) is 2.76. The molecule has 7 N–H and O–H groups in total. The SMILES string of the molecule is CN(C)[C@@H]1C(=O)C(C(N)=O)=C(O)[C@@]2(O)C(=O)C3=C(O)c4c(O)c(NS(=O)(=O)I)cc(C(F)(F)F)c4C[C@H]3C[C@@H]12. The number of amides is 1. The first-order valence-corrected chi connectivity index (χ1v) is 15.1. The van der Waals surface area contributed by atoms with Crippen LogP contribution in [0, 0.1) is 11.8 Å². The number of fused-ring (bicyclic) bond motifs is 3. The van der Waals surface area contributed by atoms with Crippen molar-refractivity contribution in [3.63, 3.8) is 0 Å². The standard InChI is InChI=1S/C22H21F3IN3O9S/c1-29(2)14-9-4-6-3-7-8(22(23,24)25)5-10(28-39(26,37)38)15(30)12(7)16(31)11(6)18(33)21(9,36)19(34)13(17(14)32)20(27)35/h5-6,9,14,28,30-31,34,36H,3-4H2,1-2H3,(H2,27,35)/t6-,9-,14-,21-/m0/s1. The predicted molar refractivity (Wildman–Crippen MR) is 136 cm³/mol. The average molecular weight is 687 g/mol. The van der Waals surface area contributed by atoms with E-state index in [4.69, 9.17) is 5.73 Å². The fraction of sp³-hybridized carbons (Fsp3) is 0.409. The highest BCUT2D eigenvalue weighted by Crippen LogP contribution is 2.55. The van der Waals surface area contributed by atoms with Gasteiger partial charge in [-0.15, -0.1) is 0 Å². The normalized spacial score (nSPS) is 27.3. The molecule has 0 heterocycles. The van der Waals surface area contributed by atoms with Crippen LogP contribution in [0.4, 0.5) is 18.9 Å². The van der Waals surface area contributed by atoms with E-state index in [0.29, 0.717) is 6.07 Å². The van der Waals surface area contributed by atoms with Crippen molar-refractivity contribution in [2.24, 2.45) is 17.6 Å². The number of carbonyl (C=O) groups excluding carboxylic acids is 3. The number of hydrogen-bond acceptors (Lipinski definition) is 10. The molecule has 0 saturated heterocycles. The lowest BCUT2D eigenvalue weighted by atomic mass is 9.57. The molecular weight excluding hydrogens is 666 g/mol. The quantitative estimate of drug-likeness (QED) is 0.115. The highest BCUT2D eigenvalue weighted by Gasteiger charge is 2.64. The maximum Gasteiger partial charge on any atom is 0.416 e. The van der Waals surface area contributed by atoms with Gasteiger partial charge in [0.05, 0.1) is 44.1 Å². The minimum atomic E-state index is -5.09. The molecule has 212 valence electrons. The minimum absolute atomic E-state index is 0.351. The van der Waals surface area contributed by atoms with Crippen LogP contribution in [0.2, 0.25) is 0 Å². The minimum Gasteiger partial charge on any atom is -0.508 e. The second kappa shape index (κ2) is 9.07. The molecule has 1 aromatic carbocycles. The van der Waals surface area contributed by atoms with Gasteiger partial charge in [0, 0.05) is 11.5 Å². The number of anilines is 1. The van der Waals surface area contributed by atoms with Crippen molar-refractivity contribution in [2.45, 2.75) is 30.7 Å². The molecule has 39 heavy (non-hydrogen) atoms. The molecule has 0 aliphatic heterocycles. The van der Waals surface area contributed by atoms with E-state index in [1.165, 1.54) is 19.0 Å². The molecule has 1 saturated carbocycles. The second-order valence-electron chi connectivity index (χ2n) is 9.67. The summed E-state index contributed by atoms with van der Waals surface area (Å²) >= 11 is 0.869. The van der Waals surface area contributed by atoms with E-state index in [1.807, 2.05) is 0 Å². The van der Waals surface area contributed by atoms with Crippen LogP contribution in [-0.4, -0.2) is 77.0 Å². The number of benzene rings is 1. The fourth-order valence-corrected chi connectivity index (χ4v) is 6.90. The van der Waals surface area contributed by atoms with Crippen LogP contribution in [0.25, 0.3) is 5.76 Å². The number of nitrogens with zero attached hydrogens (tertiary/aromatic N) is 1. The Morgan fingerprint density at radius 1 is 1.23 bits per heavy atom. The van der Waals surface area contributed by atoms with Gasteiger partial charge in [0.25, 0.3) is 13.1 Å². The number of hydrogen-bond donors (Lipinski definition) is 6. The van der Waals surface area contributed by atoms with Crippen molar-refractivity contribution in [1.82, 2.24) is 4.90 Å². The molecule has 0 spiro atoms. The van der Waals surface area contributed by atoms with Gasteiger partial charge in [-0.25, -0.2) is 0 Å². The van der Waals surface area contributed by atoms with E-state index < -0.39 is 118 Å². The molecule has 0 radical (unpaired) electrons. The molecule has 0 unspecified atom stereocenters. The molecule has 3 aliphatic rings. The number of carbonyl (C=O) groups is 3. The third-order valence-electron chi connectivity index (χ3n) is 7.26. The number of aromatic hydroxyl groups is 1. The maximum absolute atomic E-state index is 14.1. The third kappa shape index (κ3) is 4.34. The number of likely N-dealkylation sites (N-methyl/N-ethyl adjacent to an activating group) is 1. The highest BCUT2D eigenvalue weighted by atomic mass is 127. The van der Waals surface area contributed by atoms with E-state index in [2.05, 4.69) is 0 Å². The Bertz CT molecular complexity index is 1520. The number of aliphatic hydroxyl groups excluding tert-OH is 2. The Labute approximate surface area is 230 Å². The van der Waals surface area contributed by atoms with E-state index in [1.54, 1.807) is 4.72 Å². The largest absolute Gasteiger partial charge is 0.508 e. The zero-order chi connectivity index (χ0) is 29.6. The third-order valence-corrected chi connectivity index (χ3v) is 8.38. The molecule has 4 atom stereocenters. The van der Waals surface area contributed by atoms with E-state index in [9.17, 15) is 56.4 Å². The summed E-state index contributed by atoms with van der Waals surface area (Å²) in [6, 6.07) is -1.05. The molecule has 0 bridgehead atoms. The van der Waals surface area contributed by atoms with Gasteiger partial charge in [-0.05, 0) is 44.5 Å². The van der Waals surface area contributed by atoms with Crippen LogP contribution in [-0.2, 0) is 34.2 Å². The number of Topliss-reactive ketones (excluding diaryl/α,β-unsaturated/α-hetero) is 2. The molecule has 1 amide bonds. The Kier molecular flexibility index (Phi) is 6.76. The second-order valence-corrected chi connectivity index (χ2v) is 14.2. The number of halogens is 4. The Balaban J connectivity index is 2.04. The number of nitrogens with one attached hydrogen (secondary N) is 1. The van der Waals surface area contributed by atoms with Crippen LogP contribution in [0.1, 0.15) is 23.1 Å². The van der Waals surface area contributed by atoms with Gasteiger partial charge in [-0.2, -0.15) is 21.6 Å². The van der Waals surface area contributed by atoms with Crippen molar-refractivity contribution in [2.75, 3.05) is 18.8 Å². The number of nitrogens with two attached hydrogens (primary N) is 1. The molecule has 3 aliphatic carbocycles. The molecule has 0 aromatic heterocycles. The topological polar surface area (TPSA) is 208 Å². The van der Waals surface area contributed by atoms with Crippen molar-refractivity contribution in [3.05, 3.63) is 39.7 Å². The summed E-state index contributed by atoms with van der Waals surface area (Å²) in [4.78, 5) is 40.0. The predicted octanol–water partition coefficient (Wildman–Crippen LogP) is 1.07. The number of rotatable bonds is 4. The fourth-order valence-electron chi connectivity index (χ4n) is 5.77. The number of phenols is 1. The molecule has 12 nitrogen and oxygen atoms in total. The van der Waals surface area contributed by atoms with Crippen LogP contribution < -0.4 is 10.5 Å². The van der Waals surface area contributed by atoms with Gasteiger partial charge in [-0.3, -0.25) is 24.0 Å². The van der Waals surface area contributed by atoms with Gasteiger partial charge < -0.3 is 26.2 Å². The summed E-state index contributed by atoms with van der Waals surface area (Å²) in [5.74, 6) is -10.2. The van der Waals surface area contributed by atoms with Crippen molar-refractivity contribution >= 4 is 57.3 Å². The summed E-state index contributed by atoms with van der Waals surface area (Å²) in [7, 11) is -1.48. The van der Waals surface area contributed by atoms with Gasteiger partial charge in [0.1, 0.15) is 17.1 Å². The number of alkyl halides is 3. The Morgan fingerprint density at radius 2 is 1.82 bits per heavy atom. The van der Waals surface area contributed by atoms with Crippen LogP contribution >= 0.6 is 21.2 Å². The first kappa shape index (κ1) is 29.1. The number of aliphatic hydroxyl groups is 3. The van der Waals surface area contributed by atoms with Crippen molar-refractivity contribution < 1.29 is 56.4 Å². The number of ketones is 2. The van der Waals surface area contributed by atoms with E-state index in [-0.39, 0.29) is 0 Å². The zero-order valence-corrected chi connectivity index (χ0v) is 23.0. The van der Waals surface area contributed by atoms with Crippen LogP contribution in [0.15, 0.2) is 23.0 Å². The first-order valence-electron chi connectivity index (χ1n) is 11.1. The summed E-state index contributed by atoms with van der Waals surface area (Å²) < 4.78 is 67.3. The molecule has 1 aromatic rings. The summed E-state index contributed by atoms with van der Waals surface area (Å²) in [5.41, 5.74) is -3.36. The summed E-state index contributed by atoms with van der Waals surface area (Å²) in [6.45, 7) is 0. The zero-order valence-electron chi connectivity index (χ0n) is 20.0. The van der Waals surface area contributed by atoms with Crippen LogP contribution in [0.5, 0.6) is 5.75 Å². The maximum atomic E-state index is 14.1.